The number of amides is 2. The number of carbonyl (C=O) groups excluding carboxylic acids is 1. The van der Waals surface area contributed by atoms with Gasteiger partial charge in [0.2, 0.25) is 0 Å². The van der Waals surface area contributed by atoms with Gasteiger partial charge in [-0.3, -0.25) is 4.68 Å². The predicted molar refractivity (Wildman–Crippen MR) is 76.9 cm³/mol. The van der Waals surface area contributed by atoms with Gasteiger partial charge in [0.15, 0.2) is 0 Å². The Morgan fingerprint density at radius 3 is 2.90 bits per heavy atom. The van der Waals surface area contributed by atoms with Gasteiger partial charge >= 0.3 is 12.0 Å². The van der Waals surface area contributed by atoms with Crippen LogP contribution in [-0.4, -0.2) is 50.9 Å². The highest BCUT2D eigenvalue weighted by Gasteiger charge is 2.34. The Labute approximate surface area is 123 Å². The number of carboxylic acid groups (broad SMARTS) is 1. The van der Waals surface area contributed by atoms with Crippen molar-refractivity contribution in [2.75, 3.05) is 13.1 Å². The molecule has 1 fully saturated rings. The Bertz CT molecular complexity index is 514. The van der Waals surface area contributed by atoms with Gasteiger partial charge in [-0.15, -0.1) is 0 Å². The summed E-state index contributed by atoms with van der Waals surface area (Å²) in [7, 11) is 0. The van der Waals surface area contributed by atoms with Crippen molar-refractivity contribution in [1.29, 1.82) is 0 Å². The van der Waals surface area contributed by atoms with Crippen LogP contribution in [0.15, 0.2) is 12.4 Å². The maximum atomic E-state index is 12.1. The van der Waals surface area contributed by atoms with Crippen LogP contribution in [0.25, 0.3) is 0 Å². The van der Waals surface area contributed by atoms with E-state index in [1.165, 1.54) is 4.90 Å². The van der Waals surface area contributed by atoms with Crippen molar-refractivity contribution >= 4 is 12.0 Å². The molecule has 0 aliphatic carbocycles. The van der Waals surface area contributed by atoms with Gasteiger partial charge in [0, 0.05) is 19.3 Å². The van der Waals surface area contributed by atoms with Gasteiger partial charge in [-0.05, 0) is 31.2 Å². The van der Waals surface area contributed by atoms with Gasteiger partial charge in [0.05, 0.1) is 12.7 Å². The maximum Gasteiger partial charge on any atom is 0.326 e. The number of nitrogens with zero attached hydrogens (tertiary/aromatic N) is 3. The van der Waals surface area contributed by atoms with Crippen LogP contribution >= 0.6 is 0 Å². The average molecular weight is 294 g/mol. The van der Waals surface area contributed by atoms with Gasteiger partial charge in [0.1, 0.15) is 6.04 Å². The number of rotatable bonds is 4. The van der Waals surface area contributed by atoms with Crippen LogP contribution in [0.2, 0.25) is 0 Å². The number of hydrogen-bond donors (Lipinski definition) is 2. The number of piperidine rings is 1. The first kappa shape index (κ1) is 15.3. The molecule has 7 nitrogen and oxygen atoms in total. The second-order valence-corrected chi connectivity index (χ2v) is 5.69. The molecular formula is C14H22N4O3. The molecule has 2 rings (SSSR count). The van der Waals surface area contributed by atoms with Crippen LogP contribution in [-0.2, 0) is 11.3 Å². The van der Waals surface area contributed by atoms with Crippen LogP contribution in [0.1, 0.15) is 25.3 Å². The number of aromatic nitrogens is 2. The summed E-state index contributed by atoms with van der Waals surface area (Å²) in [6.45, 7) is 5.46. The summed E-state index contributed by atoms with van der Waals surface area (Å²) in [5, 5.41) is 16.2. The first-order valence-electron chi connectivity index (χ1n) is 7.23. The monoisotopic (exact) mass is 294 g/mol. The summed E-state index contributed by atoms with van der Waals surface area (Å²) >= 11 is 0. The highest BCUT2D eigenvalue weighted by molar-refractivity contribution is 5.82. The number of likely N-dealkylation sites (tertiary alicyclic amines) is 1. The molecule has 1 saturated heterocycles. The summed E-state index contributed by atoms with van der Waals surface area (Å²) < 4.78 is 1.75. The molecule has 1 aromatic heterocycles. The van der Waals surface area contributed by atoms with Crippen LogP contribution in [0.4, 0.5) is 4.79 Å². The third kappa shape index (κ3) is 3.96. The van der Waals surface area contributed by atoms with E-state index in [4.69, 9.17) is 0 Å². The summed E-state index contributed by atoms with van der Waals surface area (Å²) in [5.74, 6) is -0.596. The summed E-state index contributed by atoms with van der Waals surface area (Å²) in [6.07, 6.45) is 5.01. The Morgan fingerprint density at radius 1 is 1.52 bits per heavy atom. The second-order valence-electron chi connectivity index (χ2n) is 5.69. The van der Waals surface area contributed by atoms with E-state index in [1.54, 1.807) is 10.9 Å². The Balaban J connectivity index is 1.85. The minimum absolute atomic E-state index is 0.307. The normalized spacial score (nSPS) is 22.1. The quantitative estimate of drug-likeness (QED) is 0.870. The minimum atomic E-state index is -0.931. The molecule has 2 atom stereocenters. The molecule has 0 bridgehead atoms. The van der Waals surface area contributed by atoms with Gasteiger partial charge in [-0.25, -0.2) is 9.59 Å². The van der Waals surface area contributed by atoms with E-state index in [0.717, 1.165) is 12.0 Å². The van der Waals surface area contributed by atoms with E-state index >= 15 is 0 Å². The molecule has 1 aromatic rings. The lowest BCUT2D eigenvalue weighted by molar-refractivity contribution is -0.143. The zero-order chi connectivity index (χ0) is 15.4. The Morgan fingerprint density at radius 2 is 2.29 bits per heavy atom. The molecule has 116 valence electrons. The van der Waals surface area contributed by atoms with Crippen molar-refractivity contribution in [2.24, 2.45) is 5.92 Å². The first-order chi connectivity index (χ1) is 9.97. The zero-order valence-electron chi connectivity index (χ0n) is 12.5. The fourth-order valence-electron chi connectivity index (χ4n) is 2.59. The maximum absolute atomic E-state index is 12.1. The lowest BCUT2D eigenvalue weighted by atomic mass is 9.93. The van der Waals surface area contributed by atoms with Crippen molar-refractivity contribution in [3.05, 3.63) is 18.0 Å². The minimum Gasteiger partial charge on any atom is -0.480 e. The number of urea groups is 1. The molecule has 21 heavy (non-hydrogen) atoms. The molecule has 0 radical (unpaired) electrons. The number of nitrogens with one attached hydrogen (secondary N) is 1. The zero-order valence-corrected chi connectivity index (χ0v) is 12.5. The van der Waals surface area contributed by atoms with E-state index in [0.29, 0.717) is 32.0 Å². The number of aliphatic carboxylic acids is 1. The molecule has 2 heterocycles. The van der Waals surface area contributed by atoms with Gasteiger partial charge in [-0.1, -0.05) is 6.92 Å². The molecule has 1 aliphatic heterocycles. The third-order valence-corrected chi connectivity index (χ3v) is 3.79. The van der Waals surface area contributed by atoms with Crippen molar-refractivity contribution in [1.82, 2.24) is 20.0 Å². The fourth-order valence-corrected chi connectivity index (χ4v) is 2.59. The van der Waals surface area contributed by atoms with E-state index in [2.05, 4.69) is 10.4 Å². The van der Waals surface area contributed by atoms with Crippen molar-refractivity contribution in [3.63, 3.8) is 0 Å². The topological polar surface area (TPSA) is 87.5 Å². The van der Waals surface area contributed by atoms with Gasteiger partial charge in [0.25, 0.3) is 0 Å². The van der Waals surface area contributed by atoms with Crippen LogP contribution < -0.4 is 5.32 Å². The molecule has 7 heteroatoms. The number of aryl methyl sites for hydroxylation is 1. The lowest BCUT2D eigenvalue weighted by Crippen LogP contribution is -2.53. The van der Waals surface area contributed by atoms with E-state index < -0.39 is 12.0 Å². The first-order valence-corrected chi connectivity index (χ1v) is 7.23. The highest BCUT2D eigenvalue weighted by Crippen LogP contribution is 2.22. The SMILES string of the molecule is Cc1cnn(CCNC(=O)N2CCC(C)CC2C(=O)O)c1. The molecular weight excluding hydrogens is 272 g/mol. The average Bonchev–Trinajstić information content (AvgIpc) is 2.84. The van der Waals surface area contributed by atoms with Gasteiger partial charge in [-0.2, -0.15) is 5.10 Å². The second kappa shape index (κ2) is 6.60. The predicted octanol–water partition coefficient (Wildman–Crippen LogP) is 1.09. The summed E-state index contributed by atoms with van der Waals surface area (Å²) in [6, 6.07) is -1.03. The Kier molecular flexibility index (Phi) is 4.82. The van der Waals surface area contributed by atoms with Crippen LogP contribution in [0.3, 0.4) is 0 Å². The molecule has 2 amide bonds. The van der Waals surface area contributed by atoms with Crippen molar-refractivity contribution < 1.29 is 14.7 Å². The number of hydrogen-bond acceptors (Lipinski definition) is 3. The van der Waals surface area contributed by atoms with Crippen LogP contribution in [0, 0.1) is 12.8 Å². The summed E-state index contributed by atoms with van der Waals surface area (Å²) in [4.78, 5) is 24.8. The lowest BCUT2D eigenvalue weighted by Gasteiger charge is -2.35. The third-order valence-electron chi connectivity index (χ3n) is 3.79. The fraction of sp³-hybridized carbons (Fsp3) is 0.643. The number of carboxylic acids is 1. The Hall–Kier alpha value is -2.05. The summed E-state index contributed by atoms with van der Waals surface area (Å²) in [5.41, 5.74) is 1.07. The molecule has 0 spiro atoms. The molecule has 0 aromatic carbocycles. The van der Waals surface area contributed by atoms with E-state index in [9.17, 15) is 14.7 Å². The molecule has 2 N–H and O–H groups in total. The molecule has 1 aliphatic rings. The van der Waals surface area contributed by atoms with E-state index in [1.807, 2.05) is 20.0 Å². The van der Waals surface area contributed by atoms with E-state index in [-0.39, 0.29) is 6.03 Å². The smallest absolute Gasteiger partial charge is 0.326 e. The highest BCUT2D eigenvalue weighted by atomic mass is 16.4. The largest absolute Gasteiger partial charge is 0.480 e. The number of carbonyl (C=O) groups is 2. The standard InChI is InChI=1S/C14H22N4O3/c1-10-3-5-18(12(7-10)13(19)20)14(21)15-4-6-17-9-11(2)8-16-17/h8-10,12H,3-7H2,1-2H3,(H,15,21)(H,19,20). The molecule has 0 saturated carbocycles. The molecule has 2 unspecified atom stereocenters. The van der Waals surface area contributed by atoms with Crippen LogP contribution in [0.5, 0.6) is 0 Å². The van der Waals surface area contributed by atoms with Crippen molar-refractivity contribution in [3.8, 4) is 0 Å². The van der Waals surface area contributed by atoms with Gasteiger partial charge < -0.3 is 15.3 Å². The van der Waals surface area contributed by atoms with Crippen molar-refractivity contribution in [2.45, 2.75) is 39.3 Å².